The summed E-state index contributed by atoms with van der Waals surface area (Å²) in [7, 11) is 0. The summed E-state index contributed by atoms with van der Waals surface area (Å²) < 4.78 is 5.29. The third-order valence-corrected chi connectivity index (χ3v) is 3.00. The van der Waals surface area contributed by atoms with E-state index in [1.54, 1.807) is 13.0 Å². The lowest BCUT2D eigenvalue weighted by molar-refractivity contribution is -0.605. The zero-order valence-electron chi connectivity index (χ0n) is 12.6. The van der Waals surface area contributed by atoms with Crippen molar-refractivity contribution >= 4 is 23.3 Å². The number of esters is 1. The molecule has 1 aromatic carbocycles. The summed E-state index contributed by atoms with van der Waals surface area (Å²) in [6.07, 6.45) is 2.23. The van der Waals surface area contributed by atoms with Crippen LogP contribution in [0.25, 0.3) is 0 Å². The predicted molar refractivity (Wildman–Crippen MR) is 82.1 cm³/mol. The quantitative estimate of drug-likeness (QED) is 0.290. The molecule has 0 atom stereocenters. The van der Waals surface area contributed by atoms with Crippen LogP contribution in [-0.2, 0) is 9.53 Å². The standard InChI is InChI=1S/C15H13N3O6/c1-10-2-3-12(13(8-10)18(22)23)16-14(19)9-24-15(20)11-4-6-17(21)7-5-11/h2-8H,9H2,1H3,(H,16,19). The molecular formula is C15H13N3O6. The molecule has 0 aliphatic carbocycles. The molecule has 9 nitrogen and oxygen atoms in total. The number of nitro groups is 1. The first kappa shape index (κ1) is 16.9. The maximum atomic E-state index is 11.8. The van der Waals surface area contributed by atoms with E-state index in [1.807, 2.05) is 0 Å². The first-order valence-electron chi connectivity index (χ1n) is 6.77. The van der Waals surface area contributed by atoms with Crippen molar-refractivity contribution in [2.45, 2.75) is 6.92 Å². The Bertz CT molecular complexity index is 788. The largest absolute Gasteiger partial charge is 0.619 e. The molecule has 1 aromatic heterocycles. The summed E-state index contributed by atoms with van der Waals surface area (Å²) in [5, 5.41) is 24.2. The average Bonchev–Trinajstić information content (AvgIpc) is 2.54. The van der Waals surface area contributed by atoms with Crippen LogP contribution in [0, 0.1) is 22.2 Å². The lowest BCUT2D eigenvalue weighted by Gasteiger charge is -2.07. The Hall–Kier alpha value is -3.49. The van der Waals surface area contributed by atoms with Crippen LogP contribution in [0.3, 0.4) is 0 Å². The summed E-state index contributed by atoms with van der Waals surface area (Å²) in [5.41, 5.74) is 0.540. The third-order valence-electron chi connectivity index (χ3n) is 3.00. The van der Waals surface area contributed by atoms with E-state index in [1.165, 1.54) is 24.3 Å². The van der Waals surface area contributed by atoms with Gasteiger partial charge in [0.2, 0.25) is 0 Å². The van der Waals surface area contributed by atoms with E-state index in [4.69, 9.17) is 4.74 Å². The summed E-state index contributed by atoms with van der Waals surface area (Å²) in [5.74, 6) is -1.51. The van der Waals surface area contributed by atoms with Gasteiger partial charge in [-0.1, -0.05) is 6.07 Å². The first-order valence-corrected chi connectivity index (χ1v) is 6.77. The molecule has 0 saturated carbocycles. The molecule has 24 heavy (non-hydrogen) atoms. The minimum Gasteiger partial charge on any atom is -0.619 e. The second kappa shape index (κ2) is 7.18. The van der Waals surface area contributed by atoms with Crippen molar-refractivity contribution in [3.8, 4) is 0 Å². The Morgan fingerprint density at radius 1 is 1.25 bits per heavy atom. The van der Waals surface area contributed by atoms with Crippen LogP contribution in [0.15, 0.2) is 42.7 Å². The molecule has 0 fully saturated rings. The van der Waals surface area contributed by atoms with Crippen molar-refractivity contribution in [2.75, 3.05) is 11.9 Å². The van der Waals surface area contributed by atoms with Crippen molar-refractivity contribution in [2.24, 2.45) is 0 Å². The van der Waals surface area contributed by atoms with Gasteiger partial charge in [0.1, 0.15) is 5.69 Å². The number of nitrogens with one attached hydrogen (secondary N) is 1. The zero-order chi connectivity index (χ0) is 17.7. The van der Waals surface area contributed by atoms with Crippen LogP contribution < -0.4 is 10.0 Å². The topological polar surface area (TPSA) is 125 Å². The number of benzene rings is 1. The molecule has 0 aliphatic heterocycles. The molecule has 2 aromatic rings. The van der Waals surface area contributed by atoms with E-state index in [2.05, 4.69) is 5.32 Å². The molecule has 0 aliphatic rings. The smallest absolute Gasteiger partial charge is 0.339 e. The Balaban J connectivity index is 1.98. The van der Waals surface area contributed by atoms with Crippen molar-refractivity contribution in [3.63, 3.8) is 0 Å². The van der Waals surface area contributed by atoms with Crippen LogP contribution in [0.5, 0.6) is 0 Å². The molecule has 9 heteroatoms. The average molecular weight is 331 g/mol. The molecule has 1 amide bonds. The van der Waals surface area contributed by atoms with E-state index < -0.39 is 23.4 Å². The maximum absolute atomic E-state index is 11.8. The number of ether oxygens (including phenoxy) is 1. The number of pyridine rings is 1. The van der Waals surface area contributed by atoms with Gasteiger partial charge < -0.3 is 15.3 Å². The maximum Gasteiger partial charge on any atom is 0.339 e. The predicted octanol–water partition coefficient (Wildman–Crippen LogP) is 1.33. The number of hydrogen-bond acceptors (Lipinski definition) is 6. The lowest BCUT2D eigenvalue weighted by atomic mass is 10.2. The highest BCUT2D eigenvalue weighted by Crippen LogP contribution is 2.25. The Morgan fingerprint density at radius 2 is 1.92 bits per heavy atom. The minimum atomic E-state index is -0.788. The fourth-order valence-electron chi connectivity index (χ4n) is 1.85. The number of anilines is 1. The number of rotatable bonds is 5. The zero-order valence-corrected chi connectivity index (χ0v) is 12.6. The molecule has 0 unspecified atom stereocenters. The number of aromatic nitrogens is 1. The number of carbonyl (C=O) groups is 2. The highest BCUT2D eigenvalue weighted by Gasteiger charge is 2.17. The van der Waals surface area contributed by atoms with Gasteiger partial charge in [-0.2, -0.15) is 4.73 Å². The molecule has 2 rings (SSSR count). The number of amides is 1. The fourth-order valence-corrected chi connectivity index (χ4v) is 1.85. The highest BCUT2D eigenvalue weighted by atomic mass is 16.6. The SMILES string of the molecule is Cc1ccc(NC(=O)COC(=O)c2cc[n+]([O-])cc2)c([N+](=O)[O-])c1. The van der Waals surface area contributed by atoms with Gasteiger partial charge in [-0.3, -0.25) is 14.9 Å². The van der Waals surface area contributed by atoms with E-state index in [9.17, 15) is 24.9 Å². The van der Waals surface area contributed by atoms with Crippen LogP contribution in [0.2, 0.25) is 0 Å². The number of carbonyl (C=O) groups excluding carboxylic acids is 2. The Morgan fingerprint density at radius 3 is 2.54 bits per heavy atom. The second-order valence-corrected chi connectivity index (χ2v) is 4.85. The van der Waals surface area contributed by atoms with Gasteiger partial charge in [0.15, 0.2) is 19.0 Å². The van der Waals surface area contributed by atoms with Gasteiger partial charge in [0, 0.05) is 18.2 Å². The summed E-state index contributed by atoms with van der Waals surface area (Å²) in [6.45, 7) is 1.07. The lowest BCUT2D eigenvalue weighted by Crippen LogP contribution is -2.25. The van der Waals surface area contributed by atoms with Gasteiger partial charge in [0.25, 0.3) is 11.6 Å². The molecule has 1 N–H and O–H groups in total. The van der Waals surface area contributed by atoms with Crippen LogP contribution in [0.4, 0.5) is 11.4 Å². The molecule has 1 heterocycles. The van der Waals surface area contributed by atoms with Crippen molar-refractivity contribution in [1.29, 1.82) is 0 Å². The van der Waals surface area contributed by atoms with Crippen LogP contribution in [-0.4, -0.2) is 23.4 Å². The van der Waals surface area contributed by atoms with Gasteiger partial charge in [-0.15, -0.1) is 0 Å². The highest BCUT2D eigenvalue weighted by molar-refractivity contribution is 5.96. The van der Waals surface area contributed by atoms with Gasteiger partial charge >= 0.3 is 5.97 Å². The molecule has 124 valence electrons. The molecule has 0 saturated heterocycles. The first-order chi connectivity index (χ1) is 11.4. The summed E-state index contributed by atoms with van der Waals surface area (Å²) in [4.78, 5) is 33.9. The van der Waals surface area contributed by atoms with E-state index in [-0.39, 0.29) is 16.9 Å². The van der Waals surface area contributed by atoms with Crippen molar-refractivity contribution < 1.29 is 24.0 Å². The number of aryl methyl sites for hydroxylation is 1. The number of hydrogen-bond donors (Lipinski definition) is 1. The second-order valence-electron chi connectivity index (χ2n) is 4.85. The van der Waals surface area contributed by atoms with E-state index >= 15 is 0 Å². The summed E-state index contributed by atoms with van der Waals surface area (Å²) >= 11 is 0. The van der Waals surface area contributed by atoms with Gasteiger partial charge in [-0.25, -0.2) is 4.79 Å². The molecule has 0 spiro atoms. The fraction of sp³-hybridized carbons (Fsp3) is 0.133. The molecule has 0 radical (unpaired) electrons. The number of nitrogens with zero attached hydrogens (tertiary/aromatic N) is 2. The monoisotopic (exact) mass is 331 g/mol. The van der Waals surface area contributed by atoms with E-state index in [0.29, 0.717) is 10.3 Å². The number of nitro benzene ring substituents is 1. The Kier molecular flexibility index (Phi) is 5.05. The molecule has 0 bridgehead atoms. The van der Waals surface area contributed by atoms with Crippen molar-refractivity contribution in [1.82, 2.24) is 0 Å². The Labute approximate surface area is 136 Å². The van der Waals surface area contributed by atoms with Crippen LogP contribution >= 0.6 is 0 Å². The molecular weight excluding hydrogens is 318 g/mol. The van der Waals surface area contributed by atoms with Crippen molar-refractivity contribution in [3.05, 3.63) is 69.2 Å². The van der Waals surface area contributed by atoms with Gasteiger partial charge in [0.05, 0.1) is 10.5 Å². The minimum absolute atomic E-state index is 0.0127. The van der Waals surface area contributed by atoms with Crippen LogP contribution in [0.1, 0.15) is 15.9 Å². The summed E-state index contributed by atoms with van der Waals surface area (Å²) in [6, 6.07) is 6.83. The van der Waals surface area contributed by atoms with E-state index in [0.717, 1.165) is 12.4 Å². The third kappa shape index (κ3) is 4.26. The normalized spacial score (nSPS) is 10.0. The van der Waals surface area contributed by atoms with Gasteiger partial charge in [-0.05, 0) is 18.6 Å².